The molecule has 1 N–H and O–H groups in total. The Morgan fingerprint density at radius 3 is 2.70 bits per heavy atom. The van der Waals surface area contributed by atoms with Gasteiger partial charge in [0.1, 0.15) is 5.03 Å². The number of aromatic nitrogens is 1. The summed E-state index contributed by atoms with van der Waals surface area (Å²) in [5, 5.41) is 8.81. The second kappa shape index (κ2) is 2.62. The molecule has 1 rings (SSSR count). The molecule has 0 saturated heterocycles. The average molecular weight is 154 g/mol. The minimum atomic E-state index is -0.984. The van der Waals surface area contributed by atoms with Crippen molar-refractivity contribution >= 4 is 18.6 Å². The van der Waals surface area contributed by atoms with Crippen LogP contribution in [0.2, 0.25) is 0 Å². The maximum atomic E-state index is 10.2. The summed E-state index contributed by atoms with van der Waals surface area (Å²) in [5.41, 5.74) is 0.161. The van der Waals surface area contributed by atoms with E-state index in [9.17, 15) is 4.79 Å². The molecule has 0 saturated carbocycles. The molecule has 10 heavy (non-hydrogen) atoms. The second-order valence-corrected chi connectivity index (χ2v) is 2.11. The summed E-state index contributed by atoms with van der Waals surface area (Å²) in [6, 6.07) is 2.91. The van der Waals surface area contributed by atoms with Crippen LogP contribution in [0.1, 0.15) is 10.4 Å². The van der Waals surface area contributed by atoms with Crippen molar-refractivity contribution in [1.82, 2.24) is 4.98 Å². The van der Waals surface area contributed by atoms with E-state index in [1.807, 2.05) is 0 Å². The van der Waals surface area contributed by atoms with Crippen LogP contribution in [0.3, 0.4) is 0 Å². The van der Waals surface area contributed by atoms with Crippen molar-refractivity contribution in [3.63, 3.8) is 0 Å². The number of pyridine rings is 1. The minimum absolute atomic E-state index is 0.161. The highest BCUT2D eigenvalue weighted by molar-refractivity contribution is 7.80. The molecule has 1 heterocycles. The van der Waals surface area contributed by atoms with E-state index in [0.29, 0.717) is 5.03 Å². The topological polar surface area (TPSA) is 50.2 Å². The van der Waals surface area contributed by atoms with Gasteiger partial charge in [-0.2, -0.15) is 0 Å². The quantitative estimate of drug-likeness (QED) is 0.664. The third kappa shape index (κ3) is 1.41. The van der Waals surface area contributed by atoms with Crippen molar-refractivity contribution in [2.75, 3.05) is 0 Å². The summed E-state index contributed by atoms with van der Waals surface area (Å²) in [7, 11) is 0. The first-order valence-electron chi connectivity index (χ1n) is 2.56. The third-order valence-corrected chi connectivity index (χ3v) is 1.22. The fraction of sp³-hybridized carbons (Fsp3) is 0. The zero-order chi connectivity index (χ0) is 7.56. The molecule has 0 spiro atoms. The lowest BCUT2D eigenvalue weighted by atomic mass is 10.3. The Hall–Kier alpha value is -1.16. The third-order valence-electron chi connectivity index (χ3n) is 0.983. The SMILES string of the molecule is O=C(O)c1ccc([S])nc1. The van der Waals surface area contributed by atoms with Crippen LogP contribution >= 0.6 is 12.6 Å². The molecule has 0 atom stereocenters. The van der Waals surface area contributed by atoms with E-state index in [-0.39, 0.29) is 5.56 Å². The predicted molar refractivity (Wildman–Crippen MR) is 37.1 cm³/mol. The van der Waals surface area contributed by atoms with Crippen molar-refractivity contribution in [1.29, 1.82) is 0 Å². The fourth-order valence-electron chi connectivity index (χ4n) is 0.507. The first-order chi connectivity index (χ1) is 4.70. The average Bonchev–Trinajstić information content (AvgIpc) is 1.88. The molecule has 0 aliphatic carbocycles. The van der Waals surface area contributed by atoms with E-state index in [1.54, 1.807) is 0 Å². The fourth-order valence-corrected chi connectivity index (χ4v) is 0.628. The molecule has 0 amide bonds. The monoisotopic (exact) mass is 154 g/mol. The highest BCUT2D eigenvalue weighted by Crippen LogP contribution is 2.02. The predicted octanol–water partition coefficient (Wildman–Crippen LogP) is 1.34. The van der Waals surface area contributed by atoms with Gasteiger partial charge in [0, 0.05) is 6.20 Å². The van der Waals surface area contributed by atoms with E-state index in [0.717, 1.165) is 0 Å². The number of nitrogens with zero attached hydrogens (tertiary/aromatic N) is 1. The minimum Gasteiger partial charge on any atom is -0.478 e. The van der Waals surface area contributed by atoms with Crippen LogP contribution in [-0.4, -0.2) is 16.1 Å². The molecule has 51 valence electrons. The zero-order valence-electron chi connectivity index (χ0n) is 4.94. The molecule has 0 aliphatic heterocycles. The summed E-state index contributed by atoms with van der Waals surface area (Å²) >= 11 is 4.65. The first-order valence-corrected chi connectivity index (χ1v) is 2.97. The van der Waals surface area contributed by atoms with Gasteiger partial charge in [-0.25, -0.2) is 9.78 Å². The van der Waals surface area contributed by atoms with Gasteiger partial charge in [0.05, 0.1) is 5.56 Å². The van der Waals surface area contributed by atoms with Gasteiger partial charge in [-0.3, -0.25) is 0 Å². The molecular weight excluding hydrogens is 150 g/mol. The van der Waals surface area contributed by atoms with Gasteiger partial charge in [-0.05, 0) is 12.1 Å². The number of aromatic carboxylic acids is 1. The van der Waals surface area contributed by atoms with Gasteiger partial charge in [-0.1, -0.05) is 12.6 Å². The summed E-state index contributed by atoms with van der Waals surface area (Å²) in [4.78, 5) is 13.9. The number of rotatable bonds is 1. The highest BCUT2D eigenvalue weighted by Gasteiger charge is 2.00. The zero-order valence-corrected chi connectivity index (χ0v) is 5.76. The first kappa shape index (κ1) is 6.95. The summed E-state index contributed by atoms with van der Waals surface area (Å²) in [6.07, 6.45) is 1.24. The lowest BCUT2D eigenvalue weighted by Crippen LogP contribution is -1.95. The molecule has 0 aromatic carbocycles. The summed E-state index contributed by atoms with van der Waals surface area (Å²) < 4.78 is 0. The highest BCUT2D eigenvalue weighted by atomic mass is 32.1. The Bertz CT molecular complexity index is 244. The maximum absolute atomic E-state index is 10.2. The standard InChI is InChI=1S/C6H4NO2S/c8-6(9)4-1-2-5(10)7-3-4/h1-3H,(H,8,9). The van der Waals surface area contributed by atoms with E-state index in [2.05, 4.69) is 17.6 Å². The van der Waals surface area contributed by atoms with Crippen molar-refractivity contribution < 1.29 is 9.90 Å². The molecule has 0 aliphatic rings. The van der Waals surface area contributed by atoms with Gasteiger partial charge in [-0.15, -0.1) is 0 Å². The number of hydrogen-bond acceptors (Lipinski definition) is 2. The van der Waals surface area contributed by atoms with Crippen molar-refractivity contribution in [3.8, 4) is 0 Å². The summed E-state index contributed by atoms with van der Waals surface area (Å²) in [5.74, 6) is -0.984. The normalized spacial score (nSPS) is 9.20. The Morgan fingerprint density at radius 1 is 1.60 bits per heavy atom. The Morgan fingerprint density at radius 2 is 2.30 bits per heavy atom. The van der Waals surface area contributed by atoms with Gasteiger partial charge >= 0.3 is 5.97 Å². The Labute approximate surface area is 63.1 Å². The lowest BCUT2D eigenvalue weighted by molar-refractivity contribution is 0.0696. The Kier molecular flexibility index (Phi) is 1.82. The van der Waals surface area contributed by atoms with Gasteiger partial charge in [0.2, 0.25) is 0 Å². The smallest absolute Gasteiger partial charge is 0.337 e. The van der Waals surface area contributed by atoms with Crippen molar-refractivity contribution in [2.24, 2.45) is 0 Å². The Balaban J connectivity index is 3.00. The van der Waals surface area contributed by atoms with Crippen LogP contribution in [0.15, 0.2) is 23.4 Å². The van der Waals surface area contributed by atoms with Crippen LogP contribution in [0.4, 0.5) is 0 Å². The molecule has 3 nitrogen and oxygen atoms in total. The molecule has 0 fully saturated rings. The molecule has 0 unspecified atom stereocenters. The second-order valence-electron chi connectivity index (χ2n) is 1.69. The molecule has 1 radical (unpaired) electrons. The van der Waals surface area contributed by atoms with Crippen LogP contribution in [0.5, 0.6) is 0 Å². The van der Waals surface area contributed by atoms with Crippen LogP contribution in [0.25, 0.3) is 0 Å². The molecule has 0 bridgehead atoms. The molecule has 1 aromatic heterocycles. The van der Waals surface area contributed by atoms with E-state index in [1.165, 1.54) is 18.3 Å². The molecule has 1 aromatic rings. The van der Waals surface area contributed by atoms with Gasteiger partial charge in [0.15, 0.2) is 0 Å². The number of carboxylic acid groups (broad SMARTS) is 1. The maximum Gasteiger partial charge on any atom is 0.337 e. The number of hydrogen-bond donors (Lipinski definition) is 1. The molecule has 4 heteroatoms. The number of carbonyl (C=O) groups is 1. The van der Waals surface area contributed by atoms with Crippen molar-refractivity contribution in [2.45, 2.75) is 5.03 Å². The number of carboxylic acids is 1. The van der Waals surface area contributed by atoms with Crippen LogP contribution in [0, 0.1) is 0 Å². The lowest BCUT2D eigenvalue weighted by Gasteiger charge is -1.90. The largest absolute Gasteiger partial charge is 0.478 e. The van der Waals surface area contributed by atoms with E-state index >= 15 is 0 Å². The summed E-state index contributed by atoms with van der Waals surface area (Å²) in [6.45, 7) is 0. The van der Waals surface area contributed by atoms with Gasteiger partial charge in [0.25, 0.3) is 0 Å². The van der Waals surface area contributed by atoms with Crippen molar-refractivity contribution in [3.05, 3.63) is 23.9 Å². The van der Waals surface area contributed by atoms with E-state index < -0.39 is 5.97 Å². The van der Waals surface area contributed by atoms with Crippen LogP contribution in [-0.2, 0) is 0 Å². The van der Waals surface area contributed by atoms with Crippen LogP contribution < -0.4 is 0 Å². The van der Waals surface area contributed by atoms with E-state index in [4.69, 9.17) is 5.11 Å². The molecular formula is C6H4NO2S. The van der Waals surface area contributed by atoms with Gasteiger partial charge < -0.3 is 5.11 Å².